The zero-order valence-corrected chi connectivity index (χ0v) is 7.90. The maximum atomic E-state index is 11.6. The molecule has 12 heavy (non-hydrogen) atoms. The van der Waals surface area contributed by atoms with Crippen LogP contribution in [0.4, 0.5) is 0 Å². The van der Waals surface area contributed by atoms with Gasteiger partial charge in [0.05, 0.1) is 0 Å². The molecule has 0 bridgehead atoms. The minimum atomic E-state index is -0.594. The van der Waals surface area contributed by atoms with E-state index in [1.807, 2.05) is 0 Å². The number of nitrogens with one attached hydrogen (secondary N) is 1. The smallest absolute Gasteiger partial charge is 0.239 e. The topological polar surface area (TPSA) is 44.2 Å². The summed E-state index contributed by atoms with van der Waals surface area (Å²) in [6.07, 6.45) is 6.28. The Bertz CT molecular complexity index is 258. The lowest BCUT2D eigenvalue weighted by Crippen LogP contribution is -2.33. The van der Waals surface area contributed by atoms with Gasteiger partial charge in [-0.2, -0.15) is 0 Å². The molecule has 1 heterocycles. The number of amides is 1. The molecule has 4 heteroatoms. The Balaban J connectivity index is 2.89. The van der Waals surface area contributed by atoms with E-state index in [9.17, 15) is 4.79 Å². The second-order valence-electron chi connectivity index (χ2n) is 3.00. The number of rotatable bonds is 2. The first-order chi connectivity index (χ1) is 5.66. The molecule has 1 amide bonds. The van der Waals surface area contributed by atoms with Crippen molar-refractivity contribution in [1.82, 2.24) is 4.90 Å². The molecule has 1 aliphatic rings. The van der Waals surface area contributed by atoms with Crippen LogP contribution < -0.4 is 0 Å². The summed E-state index contributed by atoms with van der Waals surface area (Å²) in [4.78, 5) is 13.2. The Hall–Kier alpha value is -0.870. The maximum absolute atomic E-state index is 11.6. The third kappa shape index (κ3) is 1.23. The van der Waals surface area contributed by atoms with Crippen LogP contribution in [0.5, 0.6) is 0 Å². The van der Waals surface area contributed by atoms with Crippen LogP contribution in [0, 0.1) is 17.5 Å². The van der Waals surface area contributed by atoms with Gasteiger partial charge in [0, 0.05) is 28.4 Å². The molecule has 3 nitrogen and oxygen atoms in total. The lowest BCUT2D eigenvalue weighted by Gasteiger charge is -2.17. The van der Waals surface area contributed by atoms with Crippen molar-refractivity contribution in [3.8, 4) is 12.3 Å². The minimum absolute atomic E-state index is 0.0251. The Morgan fingerprint density at radius 2 is 2.58 bits per heavy atom. The first-order valence-corrected chi connectivity index (χ1v) is 4.63. The molecule has 1 unspecified atom stereocenters. The predicted octanol–water partition coefficient (Wildman–Crippen LogP) is 1.32. The molecule has 0 saturated carbocycles. The number of hydrogen-bond acceptors (Lipinski definition) is 2. The highest BCUT2D eigenvalue weighted by molar-refractivity contribution is 7.29. The van der Waals surface area contributed by atoms with Gasteiger partial charge in [0.1, 0.15) is 5.16 Å². The van der Waals surface area contributed by atoms with Crippen LogP contribution in [0.15, 0.2) is 0 Å². The average molecular weight is 182 g/mol. The van der Waals surface area contributed by atoms with E-state index >= 15 is 0 Å². The molecule has 0 aromatic rings. The van der Waals surface area contributed by atoms with Crippen LogP contribution in [0.2, 0.25) is 0 Å². The molecule has 0 aromatic carbocycles. The Morgan fingerprint density at radius 3 is 2.92 bits per heavy atom. The van der Waals surface area contributed by atoms with E-state index in [0.29, 0.717) is 14.8 Å². The van der Waals surface area contributed by atoms with E-state index in [1.54, 1.807) is 11.9 Å². The van der Waals surface area contributed by atoms with E-state index < -0.39 is 5.16 Å². The van der Waals surface area contributed by atoms with Gasteiger partial charge < -0.3 is 4.90 Å². The van der Waals surface area contributed by atoms with E-state index in [2.05, 4.69) is 5.92 Å². The summed E-state index contributed by atoms with van der Waals surface area (Å²) in [7, 11) is 2.11. The van der Waals surface area contributed by atoms with Gasteiger partial charge in [0.15, 0.2) is 0 Å². The molecule has 1 rings (SSSR count). The highest BCUT2D eigenvalue weighted by Gasteiger charge is 2.43. The summed E-state index contributed by atoms with van der Waals surface area (Å²) >= 11 is 0. The largest absolute Gasteiger partial charge is 0.345 e. The first-order valence-electron chi connectivity index (χ1n) is 3.74. The van der Waals surface area contributed by atoms with Crippen molar-refractivity contribution in [2.45, 2.75) is 18.0 Å². The van der Waals surface area contributed by atoms with E-state index in [4.69, 9.17) is 11.6 Å². The van der Waals surface area contributed by atoms with Gasteiger partial charge in [-0.05, 0) is 6.42 Å². The van der Waals surface area contributed by atoms with Crippen molar-refractivity contribution in [3.63, 3.8) is 0 Å². The highest BCUT2D eigenvalue weighted by atomic mass is 31.1. The molecule has 1 N–H and O–H groups in total. The molecule has 0 radical (unpaired) electrons. The SMILES string of the molecule is C#CCC1(P=N)CCN(C)C1=O. The molecule has 1 atom stereocenters. The van der Waals surface area contributed by atoms with Crippen molar-refractivity contribution in [2.24, 2.45) is 0 Å². The maximum Gasteiger partial charge on any atom is 0.239 e. The molecular formula is C8H11N2OP. The van der Waals surface area contributed by atoms with E-state index in [0.717, 1.165) is 13.0 Å². The second-order valence-corrected chi connectivity index (χ2v) is 4.08. The summed E-state index contributed by atoms with van der Waals surface area (Å²) in [6.45, 7) is 0.729. The summed E-state index contributed by atoms with van der Waals surface area (Å²) < 4.78 is 0. The summed E-state index contributed by atoms with van der Waals surface area (Å²) in [5.41, 5.74) is 0. The van der Waals surface area contributed by atoms with Crippen molar-refractivity contribution in [2.75, 3.05) is 13.6 Å². The third-order valence-electron chi connectivity index (χ3n) is 2.21. The van der Waals surface area contributed by atoms with Gasteiger partial charge in [-0.25, -0.2) is 0 Å². The number of hydrogen-bond donors (Lipinski definition) is 1. The molecule has 0 spiro atoms. The summed E-state index contributed by atoms with van der Waals surface area (Å²) in [6, 6.07) is 0. The van der Waals surface area contributed by atoms with Crippen LogP contribution in [0.25, 0.3) is 0 Å². The van der Waals surface area contributed by atoms with Crippen LogP contribution in [-0.4, -0.2) is 29.6 Å². The minimum Gasteiger partial charge on any atom is -0.345 e. The van der Waals surface area contributed by atoms with Gasteiger partial charge in [0.25, 0.3) is 0 Å². The zero-order valence-electron chi connectivity index (χ0n) is 7.00. The summed E-state index contributed by atoms with van der Waals surface area (Å²) in [5.74, 6) is 2.50. The van der Waals surface area contributed by atoms with Crippen molar-refractivity contribution >= 4 is 14.3 Å². The van der Waals surface area contributed by atoms with Crippen LogP contribution >= 0.6 is 8.37 Å². The molecule has 0 aliphatic carbocycles. The normalized spacial score (nSPS) is 29.3. The standard InChI is InChI=1S/C8H11N2OP/c1-3-4-8(12-9)5-6-10(2)7(8)11/h1,9H,4-6H2,2H3. The van der Waals surface area contributed by atoms with Gasteiger partial charge in [-0.15, -0.1) is 12.3 Å². The zero-order chi connectivity index (χ0) is 9.19. The van der Waals surface area contributed by atoms with Crippen LogP contribution in [0.1, 0.15) is 12.8 Å². The van der Waals surface area contributed by atoms with Crippen molar-refractivity contribution < 1.29 is 4.79 Å². The number of terminal acetylenes is 1. The van der Waals surface area contributed by atoms with E-state index in [1.165, 1.54) is 0 Å². The molecule has 0 aromatic heterocycles. The number of carbonyl (C=O) groups excluding carboxylic acids is 1. The fraction of sp³-hybridized carbons (Fsp3) is 0.625. The molecule has 1 fully saturated rings. The highest BCUT2D eigenvalue weighted by Crippen LogP contribution is 2.37. The molecular weight excluding hydrogens is 171 g/mol. The fourth-order valence-corrected chi connectivity index (χ4v) is 2.04. The Labute approximate surface area is 73.8 Å². The van der Waals surface area contributed by atoms with Crippen molar-refractivity contribution in [1.29, 1.82) is 5.16 Å². The number of likely N-dealkylation sites (tertiary alicyclic amines) is 1. The fourth-order valence-electron chi connectivity index (χ4n) is 1.39. The van der Waals surface area contributed by atoms with Gasteiger partial charge in [-0.3, -0.25) is 9.96 Å². The number of nitrogens with zero attached hydrogens (tertiary/aromatic N) is 1. The van der Waals surface area contributed by atoms with Gasteiger partial charge in [-0.1, -0.05) is 0 Å². The predicted molar refractivity (Wildman–Crippen MR) is 48.1 cm³/mol. The Morgan fingerprint density at radius 1 is 1.92 bits per heavy atom. The van der Waals surface area contributed by atoms with Crippen LogP contribution in [-0.2, 0) is 4.79 Å². The van der Waals surface area contributed by atoms with Crippen LogP contribution in [0.3, 0.4) is 0 Å². The van der Waals surface area contributed by atoms with E-state index in [-0.39, 0.29) is 5.91 Å². The average Bonchev–Trinajstić information content (AvgIpc) is 2.35. The lowest BCUT2D eigenvalue weighted by atomic mass is 10.0. The second kappa shape index (κ2) is 3.25. The summed E-state index contributed by atoms with van der Waals surface area (Å²) in [5, 5.41) is 6.71. The third-order valence-corrected chi connectivity index (χ3v) is 3.22. The van der Waals surface area contributed by atoms with Gasteiger partial charge in [0.2, 0.25) is 5.91 Å². The first kappa shape index (κ1) is 9.22. The molecule has 1 aliphatic heterocycles. The van der Waals surface area contributed by atoms with Gasteiger partial charge >= 0.3 is 0 Å². The molecule has 1 saturated heterocycles. The quantitative estimate of drug-likeness (QED) is 0.508. The van der Waals surface area contributed by atoms with Crippen molar-refractivity contribution in [3.05, 3.63) is 0 Å². The molecule has 64 valence electrons. The number of carbonyl (C=O) groups is 1. The lowest BCUT2D eigenvalue weighted by molar-refractivity contribution is -0.128. The Kier molecular flexibility index (Phi) is 2.49. The monoisotopic (exact) mass is 182 g/mol.